The molecule has 1 fully saturated rings. The number of fused-ring (bicyclic) bond motifs is 2. The summed E-state index contributed by atoms with van der Waals surface area (Å²) in [6.45, 7) is 9.19. The molecule has 1 atom stereocenters. The number of piperazine rings is 1. The number of sulfonamides is 1. The van der Waals surface area contributed by atoms with Crippen LogP contribution in [0.5, 0.6) is 11.5 Å². The summed E-state index contributed by atoms with van der Waals surface area (Å²) in [5, 5.41) is 13.7. The van der Waals surface area contributed by atoms with Crippen LogP contribution in [0.1, 0.15) is 61.0 Å². The lowest BCUT2D eigenvalue weighted by Gasteiger charge is -2.39. The van der Waals surface area contributed by atoms with Crippen molar-refractivity contribution in [3.63, 3.8) is 0 Å². The number of thioether (sulfide) groups is 1. The van der Waals surface area contributed by atoms with Gasteiger partial charge in [-0.25, -0.2) is 18.1 Å². The number of carbonyl (C=O) groups is 1. The quantitative estimate of drug-likeness (QED) is 0.0858. The molecule has 2 aliphatic heterocycles. The number of hydrogen-bond donors (Lipinski definition) is 2. The number of nitro benzene ring substituents is 1. The molecule has 8 rings (SSSR count). The van der Waals surface area contributed by atoms with E-state index in [1.807, 2.05) is 18.2 Å². The standard InChI is InChI=1S/C45H49ClN6O7S2/c1-45(2)13-10-32(39(25-45)30-4-6-33(46)7-5-30)27-50-15-17-51(18-16-50)34-8-9-37(41(22-34)59-35-21-31-11-14-47-43(31)48-26-35)44(53)49-61(56,57)36-23-40(52(54)55)38-20-29(12-19-58-3)28-60-42(38)24-36/h4-9,11,14,21-24,26,29H,10,12-13,15-20,25,27-28H2,1-3H3,(H,47,48)(H,49,53)/t29-/m1/s1. The number of aromatic amines is 1. The second kappa shape index (κ2) is 17.8. The third-order valence-electron chi connectivity index (χ3n) is 11.9. The van der Waals surface area contributed by atoms with E-state index >= 15 is 0 Å². The molecular weight excluding hydrogens is 836 g/mol. The summed E-state index contributed by atoms with van der Waals surface area (Å²) in [6.07, 6.45) is 7.66. The molecule has 0 bridgehead atoms. The van der Waals surface area contributed by atoms with Crippen molar-refractivity contribution >= 4 is 67.3 Å². The van der Waals surface area contributed by atoms with Gasteiger partial charge in [0, 0.05) is 97.1 Å². The Morgan fingerprint density at radius 3 is 2.62 bits per heavy atom. The zero-order valence-electron chi connectivity index (χ0n) is 34.4. The van der Waals surface area contributed by atoms with Gasteiger partial charge in [0.2, 0.25) is 0 Å². The molecule has 1 amide bonds. The molecule has 2 N–H and O–H groups in total. The third-order valence-corrected chi connectivity index (χ3v) is 14.8. The van der Waals surface area contributed by atoms with Crippen molar-refractivity contribution in [3.05, 3.63) is 117 Å². The van der Waals surface area contributed by atoms with Crippen molar-refractivity contribution in [2.45, 2.75) is 55.7 Å². The van der Waals surface area contributed by atoms with Crippen molar-refractivity contribution in [1.29, 1.82) is 0 Å². The molecule has 0 radical (unpaired) electrons. The first-order valence-electron chi connectivity index (χ1n) is 20.4. The van der Waals surface area contributed by atoms with E-state index in [1.54, 1.807) is 37.6 Å². The Morgan fingerprint density at radius 1 is 1.08 bits per heavy atom. The average Bonchev–Trinajstić information content (AvgIpc) is 3.71. The minimum absolute atomic E-state index is 0.0233. The highest BCUT2D eigenvalue weighted by Gasteiger charge is 2.33. The van der Waals surface area contributed by atoms with Crippen molar-refractivity contribution in [1.82, 2.24) is 19.6 Å². The molecule has 61 heavy (non-hydrogen) atoms. The van der Waals surface area contributed by atoms with Crippen LogP contribution in [0.15, 0.2) is 94.5 Å². The molecule has 1 saturated heterocycles. The Labute approximate surface area is 365 Å². The topological polar surface area (TPSA) is 160 Å². The van der Waals surface area contributed by atoms with Crippen LogP contribution in [0, 0.1) is 21.4 Å². The Bertz CT molecular complexity index is 2610. The summed E-state index contributed by atoms with van der Waals surface area (Å²) >= 11 is 7.62. The zero-order chi connectivity index (χ0) is 42.9. The Balaban J connectivity index is 1.03. The van der Waals surface area contributed by atoms with Gasteiger partial charge in [-0.1, -0.05) is 43.2 Å². The van der Waals surface area contributed by atoms with Gasteiger partial charge in [-0.2, -0.15) is 0 Å². The molecule has 3 aliphatic rings. The Kier molecular flexibility index (Phi) is 12.5. The van der Waals surface area contributed by atoms with E-state index in [1.165, 1.54) is 40.7 Å². The van der Waals surface area contributed by atoms with E-state index in [2.05, 4.69) is 50.5 Å². The third kappa shape index (κ3) is 9.76. The zero-order valence-corrected chi connectivity index (χ0v) is 36.8. The van der Waals surface area contributed by atoms with E-state index < -0.39 is 20.9 Å². The van der Waals surface area contributed by atoms with E-state index in [4.69, 9.17) is 21.1 Å². The number of hydrogen-bond acceptors (Lipinski definition) is 11. The van der Waals surface area contributed by atoms with Gasteiger partial charge in [0.1, 0.15) is 17.1 Å². The van der Waals surface area contributed by atoms with Crippen LogP contribution in [0.4, 0.5) is 11.4 Å². The number of ether oxygens (including phenoxy) is 2. The van der Waals surface area contributed by atoms with Crippen molar-refractivity contribution in [2.75, 3.05) is 57.1 Å². The van der Waals surface area contributed by atoms with E-state index in [-0.39, 0.29) is 33.2 Å². The van der Waals surface area contributed by atoms with Crippen molar-refractivity contribution < 1.29 is 27.6 Å². The molecule has 13 nitrogen and oxygen atoms in total. The van der Waals surface area contributed by atoms with Gasteiger partial charge in [-0.15, -0.1) is 11.8 Å². The fraction of sp³-hybridized carbons (Fsp3) is 0.378. The van der Waals surface area contributed by atoms with E-state index in [0.29, 0.717) is 40.6 Å². The maximum absolute atomic E-state index is 14.0. The molecule has 16 heteroatoms. The van der Waals surface area contributed by atoms with Gasteiger partial charge >= 0.3 is 0 Å². The highest BCUT2D eigenvalue weighted by molar-refractivity contribution is 7.99. The molecule has 3 aromatic carbocycles. The molecule has 0 saturated carbocycles. The van der Waals surface area contributed by atoms with Crippen LogP contribution in [-0.4, -0.2) is 86.3 Å². The van der Waals surface area contributed by atoms with Gasteiger partial charge < -0.3 is 19.4 Å². The number of amides is 1. The van der Waals surface area contributed by atoms with Crippen LogP contribution in [0.3, 0.4) is 0 Å². The highest BCUT2D eigenvalue weighted by atomic mass is 35.5. The van der Waals surface area contributed by atoms with Gasteiger partial charge in [-0.3, -0.25) is 19.8 Å². The molecule has 320 valence electrons. The lowest BCUT2D eigenvalue weighted by molar-refractivity contribution is -0.386. The van der Waals surface area contributed by atoms with Crippen molar-refractivity contribution in [3.8, 4) is 11.5 Å². The van der Waals surface area contributed by atoms with Crippen LogP contribution in [0.2, 0.25) is 5.02 Å². The summed E-state index contributed by atoms with van der Waals surface area (Å²) in [5.74, 6) is 0.378. The molecule has 1 aliphatic carbocycles. The highest BCUT2D eigenvalue weighted by Crippen LogP contribution is 2.44. The van der Waals surface area contributed by atoms with E-state index in [0.717, 1.165) is 80.6 Å². The molecule has 5 aromatic rings. The first-order chi connectivity index (χ1) is 29.2. The maximum Gasteiger partial charge on any atom is 0.275 e. The number of allylic oxidation sites excluding steroid dienone is 1. The monoisotopic (exact) mass is 884 g/mol. The number of nitro groups is 1. The Hall–Kier alpha value is -4.93. The molecule has 2 aromatic heterocycles. The van der Waals surface area contributed by atoms with Gasteiger partial charge in [0.25, 0.3) is 21.6 Å². The summed E-state index contributed by atoms with van der Waals surface area (Å²) in [5.41, 5.74) is 6.00. The second-order valence-corrected chi connectivity index (χ2v) is 20.0. The fourth-order valence-electron chi connectivity index (χ4n) is 8.50. The number of rotatable bonds is 13. The largest absolute Gasteiger partial charge is 0.455 e. The van der Waals surface area contributed by atoms with Gasteiger partial charge in [0.05, 0.1) is 21.6 Å². The molecule has 0 spiro atoms. The van der Waals surface area contributed by atoms with E-state index in [9.17, 15) is 23.3 Å². The number of anilines is 1. The lowest BCUT2D eigenvalue weighted by atomic mass is 9.72. The number of nitrogens with one attached hydrogen (secondary N) is 2. The fourth-order valence-corrected chi connectivity index (χ4v) is 11.0. The number of halogens is 1. The number of aromatic nitrogens is 2. The van der Waals surface area contributed by atoms with Crippen LogP contribution in [-0.2, 0) is 21.2 Å². The molecule has 4 heterocycles. The summed E-state index contributed by atoms with van der Waals surface area (Å²) < 4.78 is 41.4. The number of nitrogens with zero attached hydrogens (tertiary/aromatic N) is 4. The lowest BCUT2D eigenvalue weighted by Crippen LogP contribution is -2.47. The number of carbonyl (C=O) groups excluding carboxylic acids is 1. The number of benzene rings is 3. The average molecular weight is 886 g/mol. The Morgan fingerprint density at radius 2 is 1.87 bits per heavy atom. The molecular formula is C45H49ClN6O7S2. The molecule has 0 unspecified atom stereocenters. The van der Waals surface area contributed by atoms with Crippen LogP contribution >= 0.6 is 23.4 Å². The SMILES string of the molecule is COCC[C@H]1CSc2cc(S(=O)(=O)NC(=O)c3ccc(N4CCN(CC5=C(c6ccc(Cl)cc6)CC(C)(C)CC5)CC4)cc3Oc3cnc4[nH]ccc4c3)cc([N+](=O)[O-])c2C1. The predicted octanol–water partition coefficient (Wildman–Crippen LogP) is 9.12. The summed E-state index contributed by atoms with van der Waals surface area (Å²) in [4.78, 5) is 38.0. The summed E-state index contributed by atoms with van der Waals surface area (Å²) in [6, 6.07) is 19.4. The van der Waals surface area contributed by atoms with Gasteiger partial charge in [0.15, 0.2) is 0 Å². The first kappa shape index (κ1) is 42.7. The number of pyridine rings is 1. The minimum atomic E-state index is -4.55. The van der Waals surface area contributed by atoms with Gasteiger partial charge in [-0.05, 0) is 97.0 Å². The normalized spacial score (nSPS) is 18.2. The first-order valence-corrected chi connectivity index (χ1v) is 23.3. The van der Waals surface area contributed by atoms with Crippen LogP contribution in [0.25, 0.3) is 16.6 Å². The second-order valence-electron chi connectivity index (χ2n) is 16.8. The number of H-pyrrole nitrogens is 1. The smallest absolute Gasteiger partial charge is 0.275 e. The number of methoxy groups -OCH3 is 1. The minimum Gasteiger partial charge on any atom is -0.455 e. The van der Waals surface area contributed by atoms with Crippen LogP contribution < -0.4 is 14.4 Å². The summed E-state index contributed by atoms with van der Waals surface area (Å²) in [7, 11) is -2.94. The predicted molar refractivity (Wildman–Crippen MR) is 239 cm³/mol. The van der Waals surface area contributed by atoms with Crippen molar-refractivity contribution in [2.24, 2.45) is 11.3 Å². The maximum atomic E-state index is 14.0.